The van der Waals surface area contributed by atoms with Gasteiger partial charge in [0.05, 0.1) is 6.61 Å². The van der Waals surface area contributed by atoms with Gasteiger partial charge in [-0.2, -0.15) is 8.42 Å². The molecular formula is C17H16MgO3S. The van der Waals surface area contributed by atoms with Crippen molar-refractivity contribution in [1.29, 1.82) is 0 Å². The van der Waals surface area contributed by atoms with Crippen LogP contribution in [0.3, 0.4) is 0 Å². The first-order valence-corrected chi connectivity index (χ1v) is 7.94. The number of hydrogen-bond acceptors (Lipinski definition) is 3. The van der Waals surface area contributed by atoms with Gasteiger partial charge in [0.1, 0.15) is 4.90 Å². The Bertz CT molecular complexity index is 943. The molecule has 0 spiro atoms. The van der Waals surface area contributed by atoms with Crippen LogP contribution in [-0.4, -0.2) is 38.1 Å². The van der Waals surface area contributed by atoms with Gasteiger partial charge in [-0.05, 0) is 34.4 Å². The van der Waals surface area contributed by atoms with Crippen molar-refractivity contribution in [3.8, 4) is 0 Å². The minimum atomic E-state index is -3.79. The van der Waals surface area contributed by atoms with E-state index in [1.807, 2.05) is 42.5 Å². The van der Waals surface area contributed by atoms with Crippen LogP contribution >= 0.6 is 0 Å². The molecule has 3 aromatic rings. The average Bonchev–Trinajstić information content (AvgIpc) is 2.50. The van der Waals surface area contributed by atoms with Crippen molar-refractivity contribution in [1.82, 2.24) is 0 Å². The second kappa shape index (κ2) is 6.79. The van der Waals surface area contributed by atoms with Gasteiger partial charge in [0.25, 0.3) is 10.1 Å². The number of benzene rings is 3. The SMILES string of the molecule is C=CCOS(=O)(=O)c1cccc2cc3ccccc3cc12.[H-].[H-].[Mg+2]. The Hall–Kier alpha value is -1.40. The van der Waals surface area contributed by atoms with Gasteiger partial charge < -0.3 is 2.85 Å². The molecule has 3 aromatic carbocycles. The zero-order valence-corrected chi connectivity index (χ0v) is 14.3. The molecule has 0 atom stereocenters. The van der Waals surface area contributed by atoms with Crippen molar-refractivity contribution in [3.05, 3.63) is 67.3 Å². The van der Waals surface area contributed by atoms with Crippen LogP contribution in [0.2, 0.25) is 0 Å². The number of rotatable bonds is 4. The first-order chi connectivity index (χ1) is 10.1. The van der Waals surface area contributed by atoms with Crippen molar-refractivity contribution in [2.75, 3.05) is 6.61 Å². The fraction of sp³-hybridized carbons (Fsp3) is 0.0588. The van der Waals surface area contributed by atoms with E-state index in [4.69, 9.17) is 4.18 Å². The van der Waals surface area contributed by atoms with E-state index in [2.05, 4.69) is 6.58 Å². The van der Waals surface area contributed by atoms with Gasteiger partial charge in [-0.25, -0.2) is 0 Å². The topological polar surface area (TPSA) is 43.4 Å². The predicted octanol–water partition coefficient (Wildman–Crippen LogP) is 3.73. The van der Waals surface area contributed by atoms with E-state index in [0.717, 1.165) is 16.2 Å². The van der Waals surface area contributed by atoms with E-state index >= 15 is 0 Å². The minimum Gasteiger partial charge on any atom is -1.00 e. The molecule has 0 unspecified atom stereocenters. The molecule has 110 valence electrons. The first kappa shape index (κ1) is 17.0. The smallest absolute Gasteiger partial charge is 1.00 e. The summed E-state index contributed by atoms with van der Waals surface area (Å²) >= 11 is 0. The van der Waals surface area contributed by atoms with Crippen LogP contribution in [0.5, 0.6) is 0 Å². The molecule has 0 aliphatic carbocycles. The largest absolute Gasteiger partial charge is 2.00 e. The van der Waals surface area contributed by atoms with Crippen molar-refractivity contribution < 1.29 is 15.5 Å². The van der Waals surface area contributed by atoms with Gasteiger partial charge in [-0.15, -0.1) is 6.58 Å². The molecule has 0 aliphatic heterocycles. The van der Waals surface area contributed by atoms with Gasteiger partial charge in [0.15, 0.2) is 0 Å². The van der Waals surface area contributed by atoms with Crippen LogP contribution in [-0.2, 0) is 14.3 Å². The van der Waals surface area contributed by atoms with Gasteiger partial charge in [0.2, 0.25) is 0 Å². The van der Waals surface area contributed by atoms with Crippen molar-refractivity contribution in [2.24, 2.45) is 0 Å². The van der Waals surface area contributed by atoms with E-state index < -0.39 is 10.1 Å². The summed E-state index contributed by atoms with van der Waals surface area (Å²) in [4.78, 5) is 0.188. The summed E-state index contributed by atoms with van der Waals surface area (Å²) in [6.07, 6.45) is 1.41. The van der Waals surface area contributed by atoms with E-state index in [0.29, 0.717) is 5.39 Å². The maximum Gasteiger partial charge on any atom is 2.00 e. The number of fused-ring (bicyclic) bond motifs is 2. The molecule has 0 radical (unpaired) electrons. The Kier molecular flexibility index (Phi) is 5.23. The van der Waals surface area contributed by atoms with Crippen LogP contribution in [0.1, 0.15) is 2.85 Å². The Morgan fingerprint density at radius 3 is 2.32 bits per heavy atom. The first-order valence-electron chi connectivity index (χ1n) is 6.54. The third kappa shape index (κ3) is 3.17. The van der Waals surface area contributed by atoms with Crippen LogP contribution in [0.15, 0.2) is 72.1 Å². The standard InChI is InChI=1S/C17H14O3S.Mg.2H/c1-2-10-20-21(18,19)17-9-5-8-15-11-13-6-3-4-7-14(13)12-16(15)17;;;/h2-9,11-12H,1,10H2;;;/q;+2;2*-1. The van der Waals surface area contributed by atoms with E-state index in [9.17, 15) is 8.42 Å². The summed E-state index contributed by atoms with van der Waals surface area (Å²) in [6, 6.07) is 16.9. The third-order valence-electron chi connectivity index (χ3n) is 3.32. The second-order valence-electron chi connectivity index (χ2n) is 4.70. The molecule has 0 saturated carbocycles. The molecule has 22 heavy (non-hydrogen) atoms. The summed E-state index contributed by atoms with van der Waals surface area (Å²) in [5.41, 5.74) is 0. The molecule has 0 N–H and O–H groups in total. The summed E-state index contributed by atoms with van der Waals surface area (Å²) in [6.45, 7) is 3.44. The average molecular weight is 325 g/mol. The zero-order chi connectivity index (χ0) is 14.9. The zero-order valence-electron chi connectivity index (χ0n) is 14.0. The molecule has 0 fully saturated rings. The fourth-order valence-electron chi connectivity index (χ4n) is 2.36. The molecule has 0 aromatic heterocycles. The van der Waals surface area contributed by atoms with E-state index in [1.54, 1.807) is 12.1 Å². The quantitative estimate of drug-likeness (QED) is 0.318. The number of hydrogen-bond donors (Lipinski definition) is 0. The predicted molar refractivity (Wildman–Crippen MR) is 92.8 cm³/mol. The third-order valence-corrected chi connectivity index (χ3v) is 4.66. The van der Waals surface area contributed by atoms with Crippen molar-refractivity contribution in [3.63, 3.8) is 0 Å². The maximum atomic E-state index is 12.3. The van der Waals surface area contributed by atoms with Gasteiger partial charge in [-0.3, -0.25) is 4.18 Å². The van der Waals surface area contributed by atoms with Gasteiger partial charge >= 0.3 is 23.1 Å². The fourth-order valence-corrected chi connectivity index (χ4v) is 3.45. The molecule has 3 rings (SSSR count). The van der Waals surface area contributed by atoms with Crippen molar-refractivity contribution in [2.45, 2.75) is 4.90 Å². The Labute approximate surface area is 148 Å². The molecule has 0 heterocycles. The summed E-state index contributed by atoms with van der Waals surface area (Å²) in [7, 11) is -3.79. The van der Waals surface area contributed by atoms with Crippen LogP contribution < -0.4 is 0 Å². The Morgan fingerprint density at radius 1 is 1.00 bits per heavy atom. The summed E-state index contributed by atoms with van der Waals surface area (Å²) in [5, 5.41) is 3.61. The van der Waals surface area contributed by atoms with Gasteiger partial charge in [0, 0.05) is 5.39 Å². The van der Waals surface area contributed by atoms with Crippen LogP contribution in [0.25, 0.3) is 21.5 Å². The van der Waals surface area contributed by atoms with E-state index in [1.165, 1.54) is 6.08 Å². The summed E-state index contributed by atoms with van der Waals surface area (Å²) < 4.78 is 29.5. The normalized spacial score (nSPS) is 11.3. The van der Waals surface area contributed by atoms with E-state index in [-0.39, 0.29) is 37.4 Å². The second-order valence-corrected chi connectivity index (χ2v) is 6.29. The molecular weight excluding hydrogens is 309 g/mol. The maximum absolute atomic E-state index is 12.3. The van der Waals surface area contributed by atoms with Crippen molar-refractivity contribution >= 4 is 54.7 Å². The Balaban J connectivity index is 0.00000176. The van der Waals surface area contributed by atoms with Crippen LogP contribution in [0.4, 0.5) is 0 Å². The molecule has 0 amide bonds. The minimum absolute atomic E-state index is 0. The molecule has 0 aliphatic rings. The van der Waals surface area contributed by atoms with Crippen LogP contribution in [0, 0.1) is 0 Å². The van der Waals surface area contributed by atoms with Gasteiger partial charge in [-0.1, -0.05) is 42.5 Å². The molecule has 5 heteroatoms. The molecule has 0 saturated heterocycles. The molecule has 3 nitrogen and oxygen atoms in total. The molecule has 0 bridgehead atoms. The Morgan fingerprint density at radius 2 is 1.64 bits per heavy atom. The monoisotopic (exact) mass is 324 g/mol. The summed E-state index contributed by atoms with van der Waals surface area (Å²) in [5.74, 6) is 0.